The number of carbonyl (C=O) groups excluding carboxylic acids is 1. The lowest BCUT2D eigenvalue weighted by molar-refractivity contribution is 0.102. The predicted molar refractivity (Wildman–Crippen MR) is 90.5 cm³/mol. The van der Waals surface area contributed by atoms with Crippen LogP contribution in [0.4, 0.5) is 10.1 Å². The Kier molecular flexibility index (Phi) is 4.16. The molecule has 0 bridgehead atoms. The van der Waals surface area contributed by atoms with Crippen LogP contribution in [0.5, 0.6) is 0 Å². The molecule has 3 rings (SSSR count). The lowest BCUT2D eigenvalue weighted by atomic mass is 10.1. The second-order valence-corrected chi connectivity index (χ2v) is 5.80. The van der Waals surface area contributed by atoms with E-state index < -0.39 is 5.82 Å². The van der Waals surface area contributed by atoms with Crippen molar-refractivity contribution in [3.63, 3.8) is 0 Å². The van der Waals surface area contributed by atoms with E-state index in [1.807, 2.05) is 32.0 Å². The first kappa shape index (κ1) is 15.9. The first-order chi connectivity index (χ1) is 11.4. The van der Waals surface area contributed by atoms with E-state index in [-0.39, 0.29) is 5.91 Å². The van der Waals surface area contributed by atoms with Crippen LogP contribution in [0.25, 0.3) is 11.3 Å². The molecule has 0 saturated heterocycles. The Morgan fingerprint density at radius 3 is 2.46 bits per heavy atom. The smallest absolute Gasteiger partial charge is 0.261 e. The van der Waals surface area contributed by atoms with Gasteiger partial charge in [0.25, 0.3) is 5.91 Å². The first-order valence-corrected chi connectivity index (χ1v) is 7.56. The second-order valence-electron chi connectivity index (χ2n) is 5.80. The maximum Gasteiger partial charge on any atom is 0.261 e. The summed E-state index contributed by atoms with van der Waals surface area (Å²) < 4.78 is 18.6. The number of rotatable bonds is 3. The molecule has 0 atom stereocenters. The summed E-state index contributed by atoms with van der Waals surface area (Å²) in [6.07, 6.45) is 0. The Bertz CT molecular complexity index is 895. The molecule has 122 valence electrons. The lowest BCUT2D eigenvalue weighted by Gasteiger charge is -2.08. The van der Waals surface area contributed by atoms with E-state index in [0.29, 0.717) is 28.3 Å². The molecule has 5 heteroatoms. The second kappa shape index (κ2) is 6.28. The standard InChI is InChI=1S/C19H17FN2O2/c1-11-7-12(2)9-16(8-11)21-19(23)17-13(3)24-22-18(17)14-5-4-6-15(20)10-14/h4-10H,1-3H3,(H,21,23). The normalized spacial score (nSPS) is 10.7. The van der Waals surface area contributed by atoms with Crippen molar-refractivity contribution in [3.8, 4) is 11.3 Å². The highest BCUT2D eigenvalue weighted by atomic mass is 19.1. The number of aryl methyl sites for hydroxylation is 3. The molecule has 2 aromatic carbocycles. The summed E-state index contributed by atoms with van der Waals surface area (Å²) in [6, 6.07) is 11.7. The van der Waals surface area contributed by atoms with Gasteiger partial charge >= 0.3 is 0 Å². The number of nitrogens with one attached hydrogen (secondary N) is 1. The van der Waals surface area contributed by atoms with Crippen molar-refractivity contribution in [3.05, 3.63) is 70.7 Å². The number of carbonyl (C=O) groups is 1. The molecule has 1 amide bonds. The summed E-state index contributed by atoms with van der Waals surface area (Å²) in [5, 5.41) is 6.78. The summed E-state index contributed by atoms with van der Waals surface area (Å²) in [5.41, 5.74) is 3.93. The van der Waals surface area contributed by atoms with E-state index in [4.69, 9.17) is 4.52 Å². The van der Waals surface area contributed by atoms with Gasteiger partial charge < -0.3 is 9.84 Å². The van der Waals surface area contributed by atoms with Crippen LogP contribution in [0.15, 0.2) is 47.0 Å². The Morgan fingerprint density at radius 2 is 1.79 bits per heavy atom. The molecule has 1 heterocycles. The highest BCUT2D eigenvalue weighted by Crippen LogP contribution is 2.27. The molecular formula is C19H17FN2O2. The monoisotopic (exact) mass is 324 g/mol. The zero-order chi connectivity index (χ0) is 17.3. The Hall–Kier alpha value is -2.95. The van der Waals surface area contributed by atoms with E-state index in [9.17, 15) is 9.18 Å². The third kappa shape index (κ3) is 3.20. The van der Waals surface area contributed by atoms with Gasteiger partial charge in [0.2, 0.25) is 0 Å². The minimum Gasteiger partial charge on any atom is -0.360 e. The average molecular weight is 324 g/mol. The van der Waals surface area contributed by atoms with E-state index in [0.717, 1.165) is 11.1 Å². The molecule has 1 aromatic heterocycles. The minimum absolute atomic E-state index is 0.305. The summed E-state index contributed by atoms with van der Waals surface area (Å²) >= 11 is 0. The molecule has 0 aliphatic rings. The number of hydrogen-bond acceptors (Lipinski definition) is 3. The van der Waals surface area contributed by atoms with E-state index in [1.54, 1.807) is 19.1 Å². The topological polar surface area (TPSA) is 55.1 Å². The van der Waals surface area contributed by atoms with Crippen LogP contribution >= 0.6 is 0 Å². The van der Waals surface area contributed by atoms with Crippen LogP contribution in [-0.2, 0) is 0 Å². The maximum atomic E-state index is 13.5. The number of benzene rings is 2. The van der Waals surface area contributed by atoms with E-state index in [2.05, 4.69) is 10.5 Å². The first-order valence-electron chi connectivity index (χ1n) is 7.56. The predicted octanol–water partition coefficient (Wildman–Crippen LogP) is 4.66. The van der Waals surface area contributed by atoms with Gasteiger partial charge in [-0.25, -0.2) is 4.39 Å². The SMILES string of the molecule is Cc1cc(C)cc(NC(=O)c2c(-c3cccc(F)c3)noc2C)c1. The Labute approximate surface area is 139 Å². The van der Waals surface area contributed by atoms with Crippen LogP contribution in [0.2, 0.25) is 0 Å². The molecule has 0 fully saturated rings. The van der Waals surface area contributed by atoms with Crippen molar-refractivity contribution >= 4 is 11.6 Å². The maximum absolute atomic E-state index is 13.5. The molecule has 4 nitrogen and oxygen atoms in total. The van der Waals surface area contributed by atoms with Crippen LogP contribution < -0.4 is 5.32 Å². The highest BCUT2D eigenvalue weighted by molar-refractivity contribution is 6.08. The van der Waals surface area contributed by atoms with Crippen LogP contribution in [0.1, 0.15) is 27.2 Å². The van der Waals surface area contributed by atoms with Crippen molar-refractivity contribution in [1.82, 2.24) is 5.16 Å². The Morgan fingerprint density at radius 1 is 1.08 bits per heavy atom. The minimum atomic E-state index is -0.395. The summed E-state index contributed by atoms with van der Waals surface area (Å²) in [7, 11) is 0. The molecule has 0 saturated carbocycles. The average Bonchev–Trinajstić information content (AvgIpc) is 2.88. The number of amides is 1. The quantitative estimate of drug-likeness (QED) is 0.762. The number of aromatic nitrogens is 1. The van der Waals surface area contributed by atoms with Gasteiger partial charge in [0.1, 0.15) is 22.8 Å². The molecule has 1 N–H and O–H groups in total. The van der Waals surface area contributed by atoms with Crippen LogP contribution in [0.3, 0.4) is 0 Å². The van der Waals surface area contributed by atoms with Gasteiger partial charge in [0, 0.05) is 11.3 Å². The number of halogens is 1. The fourth-order valence-electron chi connectivity index (χ4n) is 2.71. The third-order valence-electron chi connectivity index (χ3n) is 3.67. The Balaban J connectivity index is 1.97. The highest BCUT2D eigenvalue weighted by Gasteiger charge is 2.22. The van der Waals surface area contributed by atoms with Crippen molar-refractivity contribution in [1.29, 1.82) is 0 Å². The van der Waals surface area contributed by atoms with Crippen molar-refractivity contribution in [2.45, 2.75) is 20.8 Å². The van der Waals surface area contributed by atoms with Gasteiger partial charge in [0.15, 0.2) is 0 Å². The zero-order valence-corrected chi connectivity index (χ0v) is 13.7. The van der Waals surface area contributed by atoms with Crippen LogP contribution in [-0.4, -0.2) is 11.1 Å². The van der Waals surface area contributed by atoms with E-state index >= 15 is 0 Å². The molecular weight excluding hydrogens is 307 g/mol. The lowest BCUT2D eigenvalue weighted by Crippen LogP contribution is -2.13. The van der Waals surface area contributed by atoms with Gasteiger partial charge in [-0.1, -0.05) is 23.4 Å². The molecule has 0 unspecified atom stereocenters. The van der Waals surface area contributed by atoms with Gasteiger partial charge in [-0.05, 0) is 56.2 Å². The molecule has 24 heavy (non-hydrogen) atoms. The number of nitrogens with zero attached hydrogens (tertiary/aromatic N) is 1. The molecule has 0 aliphatic carbocycles. The van der Waals surface area contributed by atoms with Gasteiger partial charge in [0.05, 0.1) is 0 Å². The number of anilines is 1. The van der Waals surface area contributed by atoms with Crippen molar-refractivity contribution in [2.24, 2.45) is 0 Å². The summed E-state index contributed by atoms with van der Waals surface area (Å²) in [4.78, 5) is 12.7. The molecule has 0 radical (unpaired) electrons. The number of hydrogen-bond donors (Lipinski definition) is 1. The van der Waals surface area contributed by atoms with Crippen molar-refractivity contribution < 1.29 is 13.7 Å². The molecule has 0 spiro atoms. The van der Waals surface area contributed by atoms with Gasteiger partial charge in [-0.3, -0.25) is 4.79 Å². The largest absolute Gasteiger partial charge is 0.360 e. The molecule has 0 aliphatic heterocycles. The van der Waals surface area contributed by atoms with Crippen LogP contribution in [0, 0.1) is 26.6 Å². The summed E-state index contributed by atoms with van der Waals surface area (Å²) in [5.74, 6) is -0.344. The zero-order valence-electron chi connectivity index (χ0n) is 13.7. The fourth-order valence-corrected chi connectivity index (χ4v) is 2.71. The summed E-state index contributed by atoms with van der Waals surface area (Å²) in [6.45, 7) is 5.59. The molecule has 3 aromatic rings. The van der Waals surface area contributed by atoms with Gasteiger partial charge in [-0.2, -0.15) is 0 Å². The third-order valence-corrected chi connectivity index (χ3v) is 3.67. The van der Waals surface area contributed by atoms with Crippen molar-refractivity contribution in [2.75, 3.05) is 5.32 Å². The van der Waals surface area contributed by atoms with Gasteiger partial charge in [-0.15, -0.1) is 0 Å². The fraction of sp³-hybridized carbons (Fsp3) is 0.158. The van der Waals surface area contributed by atoms with E-state index in [1.165, 1.54) is 12.1 Å².